The molecule has 0 bridgehead atoms. The predicted molar refractivity (Wildman–Crippen MR) is 125 cm³/mol. The summed E-state index contributed by atoms with van der Waals surface area (Å²) in [6.45, 7) is 2.07. The summed E-state index contributed by atoms with van der Waals surface area (Å²) in [6, 6.07) is 4.94. The number of aryl methyl sites for hydroxylation is 1. The zero-order valence-electron chi connectivity index (χ0n) is 18.3. The second-order valence-electron chi connectivity index (χ2n) is 7.88. The zero-order chi connectivity index (χ0) is 23.3. The molecule has 10 nitrogen and oxygen atoms in total. The molecular formula is C20H28ClN7O3S. The molecule has 1 aliphatic carbocycles. The molecule has 12 heteroatoms. The van der Waals surface area contributed by atoms with E-state index >= 15 is 0 Å². The molecule has 0 radical (unpaired) electrons. The number of nitrogens with one attached hydrogen (secondary N) is 4. The number of anilines is 3. The van der Waals surface area contributed by atoms with Gasteiger partial charge in [0.25, 0.3) is 0 Å². The van der Waals surface area contributed by atoms with Crippen LogP contribution in [-0.2, 0) is 21.4 Å². The SMILES string of the molecule is CNc1nc(C)nc(NC2CCCC(C(=O)NCc3ccc(NS(C)(=O)=O)cc3Cl)C2)n1. The van der Waals surface area contributed by atoms with Crippen molar-refractivity contribution in [1.82, 2.24) is 20.3 Å². The lowest BCUT2D eigenvalue weighted by atomic mass is 9.85. The number of halogens is 1. The predicted octanol–water partition coefficient (Wildman–Crippen LogP) is 2.53. The van der Waals surface area contributed by atoms with E-state index in [1.54, 1.807) is 26.1 Å². The number of aromatic nitrogens is 3. The fourth-order valence-corrected chi connectivity index (χ4v) is 4.50. The van der Waals surface area contributed by atoms with Crippen LogP contribution >= 0.6 is 11.6 Å². The number of hydrogen-bond acceptors (Lipinski definition) is 8. The van der Waals surface area contributed by atoms with Crippen molar-refractivity contribution in [2.24, 2.45) is 5.92 Å². The van der Waals surface area contributed by atoms with Gasteiger partial charge in [-0.15, -0.1) is 0 Å². The smallest absolute Gasteiger partial charge is 0.229 e. The Morgan fingerprint density at radius 3 is 2.62 bits per heavy atom. The van der Waals surface area contributed by atoms with Gasteiger partial charge in [0.1, 0.15) is 5.82 Å². The number of rotatable bonds is 8. The average molecular weight is 482 g/mol. The second-order valence-corrected chi connectivity index (χ2v) is 10.0. The van der Waals surface area contributed by atoms with E-state index in [0.717, 1.165) is 25.5 Å². The van der Waals surface area contributed by atoms with Gasteiger partial charge in [0, 0.05) is 36.3 Å². The Bertz CT molecular complexity index is 1080. The van der Waals surface area contributed by atoms with Crippen LogP contribution in [0.3, 0.4) is 0 Å². The zero-order valence-corrected chi connectivity index (χ0v) is 19.8. The van der Waals surface area contributed by atoms with Crippen LogP contribution in [0.1, 0.15) is 37.1 Å². The third kappa shape index (κ3) is 6.92. The van der Waals surface area contributed by atoms with Gasteiger partial charge < -0.3 is 16.0 Å². The first-order valence-corrected chi connectivity index (χ1v) is 12.6. The maximum absolute atomic E-state index is 12.8. The van der Waals surface area contributed by atoms with Crippen LogP contribution in [0.4, 0.5) is 17.6 Å². The average Bonchev–Trinajstić information content (AvgIpc) is 2.71. The standard InChI is InChI=1S/C20H28ClN7O3S/c1-12-24-19(22-2)27-20(25-12)26-15-6-4-5-13(9-15)18(29)23-11-14-7-8-16(10-17(14)21)28-32(3,30)31/h7-8,10,13,15,28H,4-6,9,11H2,1-3H3,(H,23,29)(H2,22,24,25,26,27). The number of carbonyl (C=O) groups is 1. The Morgan fingerprint density at radius 1 is 1.19 bits per heavy atom. The van der Waals surface area contributed by atoms with Gasteiger partial charge in [-0.1, -0.05) is 24.1 Å². The molecule has 32 heavy (non-hydrogen) atoms. The van der Waals surface area contributed by atoms with E-state index in [1.807, 2.05) is 0 Å². The molecule has 2 aromatic rings. The lowest BCUT2D eigenvalue weighted by Gasteiger charge is -2.29. The summed E-state index contributed by atoms with van der Waals surface area (Å²) in [7, 11) is -1.63. The molecule has 0 saturated heterocycles. The van der Waals surface area contributed by atoms with Gasteiger partial charge >= 0.3 is 0 Å². The van der Waals surface area contributed by atoms with E-state index in [-0.39, 0.29) is 24.4 Å². The lowest BCUT2D eigenvalue weighted by Crippen LogP contribution is -2.37. The van der Waals surface area contributed by atoms with E-state index in [1.165, 1.54) is 6.07 Å². The van der Waals surface area contributed by atoms with Gasteiger partial charge in [0.15, 0.2) is 0 Å². The van der Waals surface area contributed by atoms with Gasteiger partial charge in [0.2, 0.25) is 27.8 Å². The monoisotopic (exact) mass is 481 g/mol. The molecule has 1 fully saturated rings. The normalized spacial score (nSPS) is 18.6. The van der Waals surface area contributed by atoms with E-state index < -0.39 is 10.0 Å². The van der Waals surface area contributed by atoms with Gasteiger partial charge in [-0.05, 0) is 43.9 Å². The van der Waals surface area contributed by atoms with Gasteiger partial charge in [0.05, 0.1) is 6.26 Å². The van der Waals surface area contributed by atoms with Crippen LogP contribution in [0.15, 0.2) is 18.2 Å². The summed E-state index contributed by atoms with van der Waals surface area (Å²) < 4.78 is 25.1. The fraction of sp³-hybridized carbons (Fsp3) is 0.500. The van der Waals surface area contributed by atoms with Gasteiger partial charge in [-0.25, -0.2) is 8.42 Å². The fourth-order valence-electron chi connectivity index (χ4n) is 3.69. The maximum Gasteiger partial charge on any atom is 0.229 e. The first-order valence-electron chi connectivity index (χ1n) is 10.3. The van der Waals surface area contributed by atoms with E-state index in [2.05, 4.69) is 35.6 Å². The molecule has 2 unspecified atom stereocenters. The van der Waals surface area contributed by atoms with Crippen molar-refractivity contribution in [1.29, 1.82) is 0 Å². The van der Waals surface area contributed by atoms with Gasteiger partial charge in [-0.2, -0.15) is 15.0 Å². The van der Waals surface area contributed by atoms with Crippen molar-refractivity contribution < 1.29 is 13.2 Å². The minimum absolute atomic E-state index is 0.0337. The number of amides is 1. The van der Waals surface area contributed by atoms with Crippen LogP contribution in [0.25, 0.3) is 0 Å². The van der Waals surface area contributed by atoms with E-state index in [9.17, 15) is 13.2 Å². The molecule has 1 aromatic carbocycles. The molecule has 2 atom stereocenters. The Kier molecular flexibility index (Phi) is 7.73. The van der Waals surface area contributed by atoms with Gasteiger partial charge in [-0.3, -0.25) is 9.52 Å². The van der Waals surface area contributed by atoms with Crippen molar-refractivity contribution in [2.75, 3.05) is 28.7 Å². The molecule has 4 N–H and O–H groups in total. The summed E-state index contributed by atoms with van der Waals surface area (Å²) in [6.07, 6.45) is 4.42. The number of benzene rings is 1. The number of sulfonamides is 1. The number of carbonyl (C=O) groups excluding carboxylic acids is 1. The van der Waals surface area contributed by atoms with E-state index in [0.29, 0.717) is 40.4 Å². The molecule has 1 saturated carbocycles. The summed E-state index contributed by atoms with van der Waals surface area (Å²) >= 11 is 6.26. The maximum atomic E-state index is 12.8. The van der Waals surface area contributed by atoms with Crippen LogP contribution in [0, 0.1) is 12.8 Å². The third-order valence-corrected chi connectivity index (χ3v) is 6.12. The Balaban J connectivity index is 1.56. The van der Waals surface area contributed by atoms with E-state index in [4.69, 9.17) is 11.6 Å². The highest BCUT2D eigenvalue weighted by Crippen LogP contribution is 2.27. The third-order valence-electron chi connectivity index (χ3n) is 5.16. The van der Waals surface area contributed by atoms with Crippen molar-refractivity contribution in [3.8, 4) is 0 Å². The Labute approximate surface area is 193 Å². The van der Waals surface area contributed by atoms with Crippen molar-refractivity contribution in [3.63, 3.8) is 0 Å². The minimum atomic E-state index is -3.38. The summed E-state index contributed by atoms with van der Waals surface area (Å²) in [5.74, 6) is 1.46. The van der Waals surface area contributed by atoms with Crippen molar-refractivity contribution in [3.05, 3.63) is 34.6 Å². The first-order chi connectivity index (χ1) is 15.1. The van der Waals surface area contributed by atoms with Crippen LogP contribution in [0.2, 0.25) is 5.02 Å². The summed E-state index contributed by atoms with van der Waals surface area (Å²) in [5.41, 5.74) is 1.09. The Hall–Kier alpha value is -2.66. The van der Waals surface area contributed by atoms with Crippen molar-refractivity contribution in [2.45, 2.75) is 45.2 Å². The molecule has 1 aliphatic rings. The second kappa shape index (κ2) is 10.3. The van der Waals surface area contributed by atoms with Crippen LogP contribution in [0.5, 0.6) is 0 Å². The lowest BCUT2D eigenvalue weighted by molar-refractivity contribution is -0.126. The van der Waals surface area contributed by atoms with Crippen LogP contribution < -0.4 is 20.7 Å². The molecule has 3 rings (SSSR count). The number of hydrogen-bond donors (Lipinski definition) is 4. The minimum Gasteiger partial charge on any atom is -0.357 e. The highest BCUT2D eigenvalue weighted by atomic mass is 35.5. The van der Waals surface area contributed by atoms with Crippen molar-refractivity contribution >= 4 is 45.1 Å². The molecule has 1 amide bonds. The Morgan fingerprint density at radius 2 is 1.94 bits per heavy atom. The first kappa shape index (κ1) is 24.0. The molecule has 0 spiro atoms. The quantitative estimate of drug-likeness (QED) is 0.451. The summed E-state index contributed by atoms with van der Waals surface area (Å²) in [4.78, 5) is 25.6. The topological polar surface area (TPSA) is 138 Å². The molecule has 1 aromatic heterocycles. The highest BCUT2D eigenvalue weighted by Gasteiger charge is 2.27. The van der Waals surface area contributed by atoms with Crippen LogP contribution in [-0.4, -0.2) is 48.6 Å². The number of nitrogens with zero attached hydrogens (tertiary/aromatic N) is 3. The molecule has 174 valence electrons. The molecule has 0 aliphatic heterocycles. The molecular weight excluding hydrogens is 454 g/mol. The molecule has 1 heterocycles. The highest BCUT2D eigenvalue weighted by molar-refractivity contribution is 7.92. The largest absolute Gasteiger partial charge is 0.357 e. The summed E-state index contributed by atoms with van der Waals surface area (Å²) in [5, 5.41) is 9.57.